The van der Waals surface area contributed by atoms with Gasteiger partial charge in [0.25, 0.3) is 0 Å². The summed E-state index contributed by atoms with van der Waals surface area (Å²) in [5.41, 5.74) is 1.000. The Morgan fingerprint density at radius 2 is 1.79 bits per heavy atom. The van der Waals surface area contributed by atoms with Crippen LogP contribution >= 0.6 is 35.3 Å². The van der Waals surface area contributed by atoms with Crippen molar-refractivity contribution in [3.63, 3.8) is 0 Å². The number of nitrogens with one attached hydrogen (secondary N) is 2. The molecule has 1 aromatic heterocycles. The smallest absolute Gasteiger partial charge is 0.190 e. The molecule has 0 aliphatic rings. The van der Waals surface area contributed by atoms with E-state index in [0.717, 1.165) is 42.4 Å². The molecule has 0 fully saturated rings. The van der Waals surface area contributed by atoms with E-state index in [1.807, 2.05) is 12.1 Å². The average Bonchev–Trinajstić information content (AvgIpc) is 3.22. The summed E-state index contributed by atoms with van der Waals surface area (Å²) in [6.07, 6.45) is 1.81. The Hall–Kier alpha value is -1.68. The lowest BCUT2D eigenvalue weighted by atomic mass is 10.1. The van der Waals surface area contributed by atoms with Gasteiger partial charge >= 0.3 is 0 Å². The molecule has 0 aliphatic carbocycles. The number of ether oxygens (including phenoxy) is 3. The number of benzene rings is 1. The first-order chi connectivity index (χ1) is 13.6. The van der Waals surface area contributed by atoms with Gasteiger partial charge < -0.3 is 24.8 Å². The highest BCUT2D eigenvalue weighted by Crippen LogP contribution is 2.34. The Bertz CT molecular complexity index is 729. The molecule has 162 valence electrons. The second kappa shape index (κ2) is 13.5. The molecule has 2 N–H and O–H groups in total. The molecule has 0 radical (unpaired) electrons. The summed E-state index contributed by atoms with van der Waals surface area (Å²) < 4.78 is 16.3. The van der Waals surface area contributed by atoms with Crippen molar-refractivity contribution in [1.29, 1.82) is 0 Å². The van der Waals surface area contributed by atoms with E-state index in [-0.39, 0.29) is 24.0 Å². The van der Waals surface area contributed by atoms with Crippen molar-refractivity contribution in [3.8, 4) is 17.2 Å². The van der Waals surface area contributed by atoms with Crippen LogP contribution in [0.1, 0.15) is 17.4 Å². The van der Waals surface area contributed by atoms with Gasteiger partial charge in [-0.15, -0.1) is 35.3 Å². The van der Waals surface area contributed by atoms with Gasteiger partial charge in [0, 0.05) is 42.7 Å². The highest BCUT2D eigenvalue weighted by molar-refractivity contribution is 14.0. The maximum Gasteiger partial charge on any atom is 0.190 e. The van der Waals surface area contributed by atoms with Crippen molar-refractivity contribution < 1.29 is 14.2 Å². The van der Waals surface area contributed by atoms with E-state index in [9.17, 15) is 0 Å². The molecule has 1 unspecified atom stereocenters. The predicted molar refractivity (Wildman–Crippen MR) is 132 cm³/mol. The number of methoxy groups -OCH3 is 3. The van der Waals surface area contributed by atoms with Crippen LogP contribution in [-0.4, -0.2) is 47.4 Å². The molecule has 2 aromatic rings. The van der Waals surface area contributed by atoms with E-state index < -0.39 is 0 Å². The van der Waals surface area contributed by atoms with E-state index in [0.29, 0.717) is 18.2 Å². The number of halogens is 1. The topological polar surface area (TPSA) is 64.1 Å². The highest BCUT2D eigenvalue weighted by atomic mass is 127. The molecule has 0 amide bonds. The fourth-order valence-electron chi connectivity index (χ4n) is 2.97. The maximum absolute atomic E-state index is 5.51. The Kier molecular flexibility index (Phi) is 11.8. The van der Waals surface area contributed by atoms with Crippen LogP contribution < -0.4 is 24.8 Å². The lowest BCUT2D eigenvalue weighted by Gasteiger charge is -2.17. The van der Waals surface area contributed by atoms with E-state index in [4.69, 9.17) is 14.2 Å². The number of nitrogens with zero attached hydrogens (tertiary/aromatic N) is 1. The first-order valence-corrected chi connectivity index (χ1v) is 10.2. The third kappa shape index (κ3) is 7.93. The van der Waals surface area contributed by atoms with E-state index in [1.54, 1.807) is 39.7 Å². The number of thiophene rings is 1. The van der Waals surface area contributed by atoms with E-state index in [2.05, 4.69) is 40.1 Å². The summed E-state index contributed by atoms with van der Waals surface area (Å²) in [6, 6.07) is 8.03. The molecule has 0 saturated heterocycles. The maximum atomic E-state index is 5.51. The molecular weight excluding hydrogens is 501 g/mol. The van der Waals surface area contributed by atoms with Crippen LogP contribution in [0.4, 0.5) is 0 Å². The molecule has 2 rings (SSSR count). The number of hydrogen-bond acceptors (Lipinski definition) is 5. The molecule has 0 spiro atoms. The molecule has 0 aliphatic heterocycles. The van der Waals surface area contributed by atoms with Gasteiger partial charge in [0.05, 0.1) is 21.3 Å². The first-order valence-electron chi connectivity index (χ1n) is 9.37. The van der Waals surface area contributed by atoms with Crippen LogP contribution in [0.25, 0.3) is 0 Å². The third-order valence-corrected chi connectivity index (χ3v) is 5.35. The van der Waals surface area contributed by atoms with Gasteiger partial charge in [0.2, 0.25) is 0 Å². The number of guanidine groups is 1. The Morgan fingerprint density at radius 1 is 1.10 bits per heavy atom. The monoisotopic (exact) mass is 533 g/mol. The van der Waals surface area contributed by atoms with Gasteiger partial charge in [-0.05, 0) is 30.2 Å². The van der Waals surface area contributed by atoms with Crippen LogP contribution in [0.15, 0.2) is 34.6 Å². The zero-order valence-corrected chi connectivity index (χ0v) is 20.9. The van der Waals surface area contributed by atoms with Gasteiger partial charge in [-0.2, -0.15) is 0 Å². The van der Waals surface area contributed by atoms with Crippen LogP contribution in [0.2, 0.25) is 0 Å². The quantitative estimate of drug-likeness (QED) is 0.275. The fourth-order valence-corrected chi connectivity index (χ4v) is 3.84. The van der Waals surface area contributed by atoms with Crippen molar-refractivity contribution in [3.05, 3.63) is 40.1 Å². The van der Waals surface area contributed by atoms with Gasteiger partial charge in [0.15, 0.2) is 5.96 Å². The molecule has 1 atom stereocenters. The predicted octanol–water partition coefficient (Wildman–Crippen LogP) is 3.98. The summed E-state index contributed by atoms with van der Waals surface area (Å²) in [6.45, 7) is 3.82. The summed E-state index contributed by atoms with van der Waals surface area (Å²) in [7, 11) is 6.72. The number of aliphatic imine (C=N–C) groups is 1. The third-order valence-electron chi connectivity index (χ3n) is 4.46. The van der Waals surface area contributed by atoms with Gasteiger partial charge in [-0.3, -0.25) is 4.99 Å². The molecule has 0 saturated carbocycles. The first kappa shape index (κ1) is 25.4. The van der Waals surface area contributed by atoms with Crippen LogP contribution in [0.3, 0.4) is 0 Å². The zero-order chi connectivity index (χ0) is 20.4. The SMILES string of the molecule is CN=C(NCCc1c(OC)cc(OC)cc1OC)NCC(C)Cc1cccs1.I. The van der Waals surface area contributed by atoms with Crippen molar-refractivity contribution in [2.45, 2.75) is 19.8 Å². The van der Waals surface area contributed by atoms with Crippen LogP contribution in [0.5, 0.6) is 17.2 Å². The lowest BCUT2D eigenvalue weighted by Crippen LogP contribution is -2.40. The Labute approximate surface area is 195 Å². The van der Waals surface area contributed by atoms with Crippen LogP contribution in [0, 0.1) is 5.92 Å². The second-order valence-corrected chi connectivity index (χ2v) is 7.56. The minimum absolute atomic E-state index is 0. The van der Waals surface area contributed by atoms with E-state index >= 15 is 0 Å². The Morgan fingerprint density at radius 3 is 2.31 bits per heavy atom. The molecule has 6 nitrogen and oxygen atoms in total. The summed E-state index contributed by atoms with van der Waals surface area (Å²) in [5, 5.41) is 8.89. The van der Waals surface area contributed by atoms with Crippen molar-refractivity contribution >= 4 is 41.3 Å². The van der Waals surface area contributed by atoms with Crippen molar-refractivity contribution in [1.82, 2.24) is 10.6 Å². The zero-order valence-electron chi connectivity index (χ0n) is 17.8. The minimum Gasteiger partial charge on any atom is -0.496 e. The Balaban J connectivity index is 0.00000420. The largest absolute Gasteiger partial charge is 0.496 e. The molecule has 1 heterocycles. The minimum atomic E-state index is 0. The molecule has 29 heavy (non-hydrogen) atoms. The van der Waals surface area contributed by atoms with Gasteiger partial charge in [-0.1, -0.05) is 13.0 Å². The molecule has 8 heteroatoms. The highest BCUT2D eigenvalue weighted by Gasteiger charge is 2.13. The molecule has 0 bridgehead atoms. The number of rotatable bonds is 10. The summed E-state index contributed by atoms with van der Waals surface area (Å²) >= 11 is 1.81. The molecular formula is C21H32IN3O3S. The summed E-state index contributed by atoms with van der Waals surface area (Å²) in [5.74, 6) is 3.54. The van der Waals surface area contributed by atoms with E-state index in [1.165, 1.54) is 4.88 Å². The van der Waals surface area contributed by atoms with Crippen molar-refractivity contribution in [2.75, 3.05) is 41.5 Å². The lowest BCUT2D eigenvalue weighted by molar-refractivity contribution is 0.368. The number of hydrogen-bond donors (Lipinski definition) is 2. The second-order valence-electron chi connectivity index (χ2n) is 6.53. The van der Waals surface area contributed by atoms with Crippen LogP contribution in [-0.2, 0) is 12.8 Å². The van der Waals surface area contributed by atoms with Gasteiger partial charge in [0.1, 0.15) is 17.2 Å². The van der Waals surface area contributed by atoms with Crippen molar-refractivity contribution in [2.24, 2.45) is 10.9 Å². The standard InChI is InChI=1S/C21H31N3O3S.HI/c1-15(11-17-7-6-10-28-17)14-24-21(22-2)23-9-8-18-19(26-4)12-16(25-3)13-20(18)27-5;/h6-7,10,12-13,15H,8-9,11,14H2,1-5H3,(H2,22,23,24);1H. The van der Waals surface area contributed by atoms with Gasteiger partial charge in [-0.25, -0.2) is 0 Å². The summed E-state index contributed by atoms with van der Waals surface area (Å²) in [4.78, 5) is 5.73. The molecule has 1 aromatic carbocycles. The average molecular weight is 533 g/mol. The fraction of sp³-hybridized carbons (Fsp3) is 0.476. The normalized spacial score (nSPS) is 12.0.